The van der Waals surface area contributed by atoms with Crippen molar-refractivity contribution in [3.63, 3.8) is 0 Å². The van der Waals surface area contributed by atoms with Gasteiger partial charge in [0.15, 0.2) is 34.5 Å². The van der Waals surface area contributed by atoms with Crippen LogP contribution in [-0.4, -0.2) is 206 Å². The first kappa shape index (κ1) is 97.3. The molecule has 18 rings (SSSR count). The molecule has 12 aromatic rings. The molecular weight excluding hydrogens is 1720 g/mol. The van der Waals surface area contributed by atoms with Gasteiger partial charge in [0.2, 0.25) is 0 Å². The zero-order valence-electron chi connectivity index (χ0n) is 81.3. The first-order valence-electron chi connectivity index (χ1n) is 47.8. The summed E-state index contributed by atoms with van der Waals surface area (Å²) in [7, 11) is 4.92. The Hall–Kier alpha value is -13.2. The Labute approximate surface area is 797 Å². The Morgan fingerprint density at radius 1 is 0.346 bits per heavy atom. The summed E-state index contributed by atoms with van der Waals surface area (Å²) in [6, 6.07) is 49.0. The monoisotopic (exact) mass is 1850 g/mol. The molecule has 6 aromatic heterocycles. The number of carbonyl (C=O) groups excluding carboxylic acids is 4. The van der Waals surface area contributed by atoms with Crippen LogP contribution in [0.4, 0.5) is 31.8 Å². The van der Waals surface area contributed by atoms with Gasteiger partial charge in [0, 0.05) is 142 Å². The number of rotatable bonds is 17. The number of benzene rings is 6. The summed E-state index contributed by atoms with van der Waals surface area (Å²) in [5, 5.41) is 2.51. The van der Waals surface area contributed by atoms with Crippen LogP contribution in [0.2, 0.25) is 0 Å². The fraction of sp³-hybridized carbons (Fsp3) is 0.453. The molecule has 3 aliphatic carbocycles. The lowest BCUT2D eigenvalue weighted by atomic mass is 9.89. The zero-order valence-corrected chi connectivity index (χ0v) is 81.3. The van der Waals surface area contributed by atoms with Crippen molar-refractivity contribution in [2.45, 2.75) is 245 Å². The van der Waals surface area contributed by atoms with Crippen molar-refractivity contribution in [2.75, 3.05) is 84.3 Å². The SMILES string of the molecule is COc1cc(-c2cn(C3CCC(=O)CC3)c3ncnc(N)c23)ccc1Oc1ccccc1.COc1cc(-c2cn(C3CCC(N4CCN(C(=O)OC(C)(C)C)[C@@H](C)C4)CC3)c3ncnc(N)c23)ccc1Oc1ccccc1.COc1cc(-c2cn(C3CCC(N4CCN(C(=O)OC(C)(C)C)[C@@H](C)C4)CC3)c3ncnc(N)c23)ccc1Oc1ccccc1.C[C@H]1CCCCN1C(=O)OC(C)(C)C. The van der Waals surface area contributed by atoms with E-state index in [9.17, 15) is 19.2 Å². The standard InChI is InChI=1S/2C35H44N6O4.C25H24N4O3.C11H21NO2/c2*1-23-20-39(17-18-40(23)34(42)45-35(2,3)4)25-12-14-26(15-13-25)41-21-28(31-32(36)37-22-38-33(31)41)24-11-16-29(30(19-24)43-5)44-27-9-7-6-8-10-27;1-31-22-13-16(7-12-21(22)32-19-5-3-2-4-6-19)20-14-29(17-8-10-18(30)11-9-17)25-23(20)24(26)27-15-28-25;1-9-7-5-6-8-12(9)10(13)14-11(2,3)4/h2*6-11,16,19,21-23,25-26H,12-15,17-18,20H2,1-5H3,(H2,36,37,38);2-7,12-15,17H,8-11H2,1H3,(H2,26,27,28);9H,5-8H2,1-4H3/t2*23-,25?,26?;;9-/m00.0/s1. The lowest BCUT2D eigenvalue weighted by Crippen LogP contribution is -2.57. The van der Waals surface area contributed by atoms with E-state index in [-0.39, 0.29) is 42.0 Å². The van der Waals surface area contributed by atoms with E-state index >= 15 is 0 Å². The molecule has 0 bridgehead atoms. The quantitative estimate of drug-likeness (QED) is 0.0713. The fourth-order valence-electron chi connectivity index (χ4n) is 19.5. The average molecular weight is 1850 g/mol. The number of hydrogen-bond acceptors (Lipinski definition) is 24. The van der Waals surface area contributed by atoms with Crippen LogP contribution in [0.5, 0.6) is 51.7 Å². The van der Waals surface area contributed by atoms with Crippen LogP contribution in [0.3, 0.4) is 0 Å². The van der Waals surface area contributed by atoms with Crippen molar-refractivity contribution in [1.82, 2.24) is 68.1 Å². The molecule has 3 saturated carbocycles. The summed E-state index contributed by atoms with van der Waals surface area (Å²) in [5.41, 5.74) is 26.1. The van der Waals surface area contributed by atoms with Gasteiger partial charge in [0.05, 0.1) is 37.5 Å². The maximum Gasteiger partial charge on any atom is 0.410 e. The number of piperidine rings is 1. The van der Waals surface area contributed by atoms with Gasteiger partial charge in [0.1, 0.15) is 93.2 Å². The average Bonchev–Trinajstić information content (AvgIpc) is 1.61. The molecule has 6 aromatic carbocycles. The van der Waals surface area contributed by atoms with Crippen LogP contribution in [0, 0.1) is 0 Å². The lowest BCUT2D eigenvalue weighted by Gasteiger charge is -2.45. The highest BCUT2D eigenvalue weighted by Gasteiger charge is 2.40. The van der Waals surface area contributed by atoms with Crippen molar-refractivity contribution in [2.24, 2.45) is 0 Å². The number of piperazine rings is 2. The zero-order chi connectivity index (χ0) is 96.3. The number of fused-ring (bicyclic) bond motifs is 3. The van der Waals surface area contributed by atoms with Crippen LogP contribution in [0.25, 0.3) is 66.5 Å². The number of methoxy groups -OCH3 is 3. The van der Waals surface area contributed by atoms with Crippen LogP contribution >= 0.6 is 0 Å². The smallest absolute Gasteiger partial charge is 0.410 e. The first-order chi connectivity index (χ1) is 65.3. The van der Waals surface area contributed by atoms with E-state index in [1.807, 2.05) is 223 Å². The van der Waals surface area contributed by atoms with Gasteiger partial charge >= 0.3 is 18.3 Å². The third kappa shape index (κ3) is 23.5. The van der Waals surface area contributed by atoms with Crippen LogP contribution in [-0.2, 0) is 19.0 Å². The third-order valence-electron chi connectivity index (χ3n) is 26.3. The van der Waals surface area contributed by atoms with Crippen molar-refractivity contribution in [3.8, 4) is 85.1 Å². The highest BCUT2D eigenvalue weighted by molar-refractivity contribution is 6.03. The van der Waals surface area contributed by atoms with Gasteiger partial charge in [0.25, 0.3) is 0 Å². The summed E-state index contributed by atoms with van der Waals surface area (Å²) in [5.74, 6) is 7.69. The van der Waals surface area contributed by atoms with Gasteiger partial charge in [-0.2, -0.15) is 0 Å². The van der Waals surface area contributed by atoms with Crippen molar-refractivity contribution in [1.29, 1.82) is 0 Å². The third-order valence-corrected chi connectivity index (χ3v) is 26.3. The lowest BCUT2D eigenvalue weighted by molar-refractivity contribution is -0.120. The number of likely N-dealkylation sites (tertiary alicyclic amines) is 1. The normalized spacial score (nSPS) is 19.8. The molecule has 0 radical (unpaired) electrons. The van der Waals surface area contributed by atoms with E-state index < -0.39 is 11.2 Å². The summed E-state index contributed by atoms with van der Waals surface area (Å²) in [6.45, 7) is 29.2. The molecule has 30 heteroatoms. The predicted molar refractivity (Wildman–Crippen MR) is 531 cm³/mol. The maximum absolute atomic E-state index is 12.7. The van der Waals surface area contributed by atoms with Crippen molar-refractivity contribution < 1.29 is 61.8 Å². The number of hydrogen-bond donors (Lipinski definition) is 3. The molecule has 0 spiro atoms. The van der Waals surface area contributed by atoms with E-state index in [1.54, 1.807) is 34.0 Å². The number of aromatic nitrogens is 9. The molecule has 0 unspecified atom stereocenters. The molecule has 6 aliphatic rings. The molecule has 6 fully saturated rings. The Morgan fingerprint density at radius 3 is 0.941 bits per heavy atom. The van der Waals surface area contributed by atoms with Gasteiger partial charge in [-0.15, -0.1) is 0 Å². The summed E-state index contributed by atoms with van der Waals surface area (Å²) in [6.07, 6.45) is 25.1. The summed E-state index contributed by atoms with van der Waals surface area (Å²) < 4.78 is 58.7. The number of ketones is 1. The van der Waals surface area contributed by atoms with Crippen molar-refractivity contribution >= 4 is 74.6 Å². The molecule has 3 aliphatic heterocycles. The van der Waals surface area contributed by atoms with Gasteiger partial charge in [-0.25, -0.2) is 44.3 Å². The highest BCUT2D eigenvalue weighted by Crippen LogP contribution is 2.47. The Balaban J connectivity index is 0.000000146. The molecule has 6 N–H and O–H groups in total. The number of carbonyl (C=O) groups is 4. The molecular formula is C106H133N17O13. The minimum absolute atomic E-state index is 0.114. The topological polar surface area (TPSA) is 338 Å². The number of nitrogen functional groups attached to an aromatic ring is 3. The fourth-order valence-corrected chi connectivity index (χ4v) is 19.5. The minimum atomic E-state index is -0.489. The number of amides is 3. The largest absolute Gasteiger partial charge is 0.493 e. The van der Waals surface area contributed by atoms with E-state index in [4.69, 9.17) is 69.8 Å². The Kier molecular flexibility index (Phi) is 30.6. The van der Waals surface area contributed by atoms with Crippen molar-refractivity contribution in [3.05, 3.63) is 183 Å². The van der Waals surface area contributed by atoms with E-state index in [0.29, 0.717) is 114 Å². The number of nitrogens with two attached hydrogens (primary N) is 3. The molecule has 9 heterocycles. The predicted octanol–water partition coefficient (Wildman–Crippen LogP) is 21.8. The second kappa shape index (κ2) is 42.8. The minimum Gasteiger partial charge on any atom is -0.493 e. The van der Waals surface area contributed by atoms with Gasteiger partial charge < -0.3 is 88.2 Å². The molecule has 3 amide bonds. The Morgan fingerprint density at radius 2 is 0.647 bits per heavy atom. The second-order valence-electron chi connectivity index (χ2n) is 39.3. The highest BCUT2D eigenvalue weighted by atomic mass is 16.6. The Bertz CT molecular complexity index is 5860. The molecule has 30 nitrogen and oxygen atoms in total. The number of anilines is 3. The maximum atomic E-state index is 12.7. The molecule has 3 atom stereocenters. The molecule has 136 heavy (non-hydrogen) atoms. The number of nitrogens with zero attached hydrogens (tertiary/aromatic N) is 14. The first-order valence-corrected chi connectivity index (χ1v) is 47.8. The molecule has 720 valence electrons. The van der Waals surface area contributed by atoms with E-state index in [1.165, 1.54) is 12.7 Å². The number of ether oxygens (including phenoxy) is 9. The van der Waals surface area contributed by atoms with Gasteiger partial charge in [-0.05, 0) is 256 Å². The number of Topliss-reactive ketones (excluding diaryl/α,β-unsaturated/α-hetero) is 1. The summed E-state index contributed by atoms with van der Waals surface area (Å²) >= 11 is 0. The van der Waals surface area contributed by atoms with E-state index in [0.717, 1.165) is 194 Å². The van der Waals surface area contributed by atoms with Crippen LogP contribution in [0.15, 0.2) is 183 Å². The van der Waals surface area contributed by atoms with Crippen LogP contribution in [0.1, 0.15) is 198 Å². The van der Waals surface area contributed by atoms with Crippen LogP contribution < -0.4 is 45.6 Å². The second-order valence-corrected chi connectivity index (χ2v) is 39.3. The summed E-state index contributed by atoms with van der Waals surface area (Å²) in [4.78, 5) is 86.5. The number of para-hydroxylation sites is 3. The van der Waals surface area contributed by atoms with Gasteiger partial charge in [-0.1, -0.05) is 72.8 Å². The molecule has 3 saturated heterocycles. The van der Waals surface area contributed by atoms with Gasteiger partial charge in [-0.3, -0.25) is 14.6 Å². The van der Waals surface area contributed by atoms with E-state index in [2.05, 4.69) is 82.8 Å².